The zero-order valence-corrected chi connectivity index (χ0v) is 18.0. The SMILES string of the molecule is Cc1ccc(-c2c(-c3ccccc3O)c3c4ccccc4oc3c3ccc(C)cc23)cc1. The van der Waals surface area contributed by atoms with E-state index in [2.05, 4.69) is 62.4 Å². The minimum Gasteiger partial charge on any atom is -0.507 e. The number of aromatic hydroxyl groups is 1. The summed E-state index contributed by atoms with van der Waals surface area (Å²) in [5.74, 6) is 0.263. The Morgan fingerprint density at radius 2 is 1.34 bits per heavy atom. The Morgan fingerprint density at radius 1 is 0.625 bits per heavy atom. The molecule has 0 amide bonds. The molecule has 0 aliphatic carbocycles. The first kappa shape index (κ1) is 18.7. The first-order valence-corrected chi connectivity index (χ1v) is 10.8. The highest BCUT2D eigenvalue weighted by Gasteiger charge is 2.23. The lowest BCUT2D eigenvalue weighted by molar-refractivity contribution is 0.477. The van der Waals surface area contributed by atoms with E-state index in [9.17, 15) is 5.11 Å². The second kappa shape index (κ2) is 7.00. The van der Waals surface area contributed by atoms with Crippen LogP contribution in [0.25, 0.3) is 55.0 Å². The van der Waals surface area contributed by atoms with Crippen LogP contribution < -0.4 is 0 Å². The summed E-state index contributed by atoms with van der Waals surface area (Å²) in [6.45, 7) is 4.21. The monoisotopic (exact) mass is 414 g/mol. The molecule has 2 nitrogen and oxygen atoms in total. The molecule has 1 heterocycles. The molecule has 1 N–H and O–H groups in total. The van der Waals surface area contributed by atoms with E-state index in [-0.39, 0.29) is 5.75 Å². The minimum atomic E-state index is 0.263. The van der Waals surface area contributed by atoms with Crippen LogP contribution in [-0.4, -0.2) is 5.11 Å². The van der Waals surface area contributed by atoms with Crippen LogP contribution in [-0.2, 0) is 0 Å². The number of hydrogen-bond donors (Lipinski definition) is 1. The van der Waals surface area contributed by atoms with Gasteiger partial charge >= 0.3 is 0 Å². The molecule has 0 unspecified atom stereocenters. The molecule has 0 bridgehead atoms. The summed E-state index contributed by atoms with van der Waals surface area (Å²) in [6, 6.07) is 30.9. The molecule has 0 aliphatic rings. The molecule has 0 atom stereocenters. The van der Waals surface area contributed by atoms with E-state index in [0.717, 1.165) is 55.0 Å². The first-order chi connectivity index (χ1) is 15.6. The fourth-order valence-electron chi connectivity index (χ4n) is 4.78. The van der Waals surface area contributed by atoms with Gasteiger partial charge in [0.2, 0.25) is 0 Å². The Bertz CT molecular complexity index is 1640. The average molecular weight is 415 g/mol. The maximum atomic E-state index is 10.9. The molecule has 6 rings (SSSR count). The van der Waals surface area contributed by atoms with Crippen LogP contribution >= 0.6 is 0 Å². The van der Waals surface area contributed by atoms with Gasteiger partial charge in [0.1, 0.15) is 16.9 Å². The van der Waals surface area contributed by atoms with Gasteiger partial charge in [0, 0.05) is 27.3 Å². The molecule has 6 aromatic rings. The van der Waals surface area contributed by atoms with E-state index in [1.54, 1.807) is 6.07 Å². The van der Waals surface area contributed by atoms with Crippen molar-refractivity contribution >= 4 is 32.7 Å². The van der Waals surface area contributed by atoms with E-state index < -0.39 is 0 Å². The van der Waals surface area contributed by atoms with Crippen molar-refractivity contribution in [3.05, 3.63) is 102 Å². The van der Waals surface area contributed by atoms with Gasteiger partial charge in [-0.25, -0.2) is 0 Å². The maximum Gasteiger partial charge on any atom is 0.143 e. The Kier molecular flexibility index (Phi) is 4.09. The third-order valence-corrected chi connectivity index (χ3v) is 6.30. The molecule has 154 valence electrons. The van der Waals surface area contributed by atoms with Crippen molar-refractivity contribution in [3.63, 3.8) is 0 Å². The molecule has 0 fully saturated rings. The molecule has 5 aromatic carbocycles. The van der Waals surface area contributed by atoms with Crippen LogP contribution in [0.3, 0.4) is 0 Å². The van der Waals surface area contributed by atoms with Crippen molar-refractivity contribution in [1.29, 1.82) is 0 Å². The van der Waals surface area contributed by atoms with Gasteiger partial charge in [0.05, 0.1) is 0 Å². The van der Waals surface area contributed by atoms with Crippen LogP contribution in [0.4, 0.5) is 0 Å². The summed E-state index contributed by atoms with van der Waals surface area (Å²) >= 11 is 0. The lowest BCUT2D eigenvalue weighted by atomic mass is 9.85. The third-order valence-electron chi connectivity index (χ3n) is 6.30. The van der Waals surface area contributed by atoms with Crippen molar-refractivity contribution in [2.24, 2.45) is 0 Å². The number of hydrogen-bond acceptors (Lipinski definition) is 2. The van der Waals surface area contributed by atoms with Crippen molar-refractivity contribution in [2.75, 3.05) is 0 Å². The maximum absolute atomic E-state index is 10.9. The standard InChI is InChI=1S/C30H22O2/c1-18-11-14-20(15-12-18)27-24-17-19(2)13-16-21(24)30-29(23-8-4-6-10-26(23)32-30)28(27)22-7-3-5-9-25(22)31/h3-17,31H,1-2H3. The van der Waals surface area contributed by atoms with Crippen LogP contribution in [0.5, 0.6) is 5.75 Å². The number of fused-ring (bicyclic) bond motifs is 5. The fourth-order valence-corrected chi connectivity index (χ4v) is 4.78. The Labute approximate surface area is 186 Å². The van der Waals surface area contributed by atoms with Crippen LogP contribution in [0.1, 0.15) is 11.1 Å². The van der Waals surface area contributed by atoms with Crippen molar-refractivity contribution in [2.45, 2.75) is 13.8 Å². The lowest BCUT2D eigenvalue weighted by Crippen LogP contribution is -1.92. The van der Waals surface area contributed by atoms with Crippen LogP contribution in [0.15, 0.2) is 95.4 Å². The van der Waals surface area contributed by atoms with E-state index in [0.29, 0.717) is 0 Å². The van der Waals surface area contributed by atoms with Crippen molar-refractivity contribution < 1.29 is 9.52 Å². The van der Waals surface area contributed by atoms with Gasteiger partial charge in [-0.2, -0.15) is 0 Å². The smallest absolute Gasteiger partial charge is 0.143 e. The van der Waals surface area contributed by atoms with Gasteiger partial charge in [-0.15, -0.1) is 0 Å². The molecular formula is C30H22O2. The molecule has 0 saturated carbocycles. The van der Waals surface area contributed by atoms with Gasteiger partial charge < -0.3 is 9.52 Å². The van der Waals surface area contributed by atoms with E-state index in [4.69, 9.17) is 4.42 Å². The molecular weight excluding hydrogens is 392 g/mol. The Balaban J connectivity index is 1.94. The molecule has 2 heteroatoms. The molecule has 32 heavy (non-hydrogen) atoms. The second-order valence-electron chi connectivity index (χ2n) is 8.48. The number of para-hydroxylation sites is 2. The molecule has 1 aromatic heterocycles. The number of benzene rings is 5. The summed E-state index contributed by atoms with van der Waals surface area (Å²) in [4.78, 5) is 0. The van der Waals surface area contributed by atoms with Crippen LogP contribution in [0.2, 0.25) is 0 Å². The number of phenolic OH excluding ortho intramolecular Hbond substituents is 1. The van der Waals surface area contributed by atoms with E-state index in [1.165, 1.54) is 11.1 Å². The number of phenols is 1. The zero-order valence-electron chi connectivity index (χ0n) is 18.0. The predicted octanol–water partition coefficient (Wildman–Crippen LogP) is 8.40. The number of rotatable bonds is 2. The van der Waals surface area contributed by atoms with E-state index in [1.807, 2.05) is 36.4 Å². The Morgan fingerprint density at radius 3 is 2.16 bits per heavy atom. The van der Waals surface area contributed by atoms with Gasteiger partial charge in [0.15, 0.2) is 0 Å². The topological polar surface area (TPSA) is 33.4 Å². The zero-order chi connectivity index (χ0) is 21.8. The first-order valence-electron chi connectivity index (χ1n) is 10.8. The third kappa shape index (κ3) is 2.73. The van der Waals surface area contributed by atoms with Gasteiger partial charge in [-0.3, -0.25) is 0 Å². The highest BCUT2D eigenvalue weighted by atomic mass is 16.3. The molecule has 0 radical (unpaired) electrons. The quantitative estimate of drug-likeness (QED) is 0.309. The van der Waals surface area contributed by atoms with Gasteiger partial charge in [-0.1, -0.05) is 90.0 Å². The summed E-state index contributed by atoms with van der Waals surface area (Å²) in [5.41, 5.74) is 8.16. The minimum absolute atomic E-state index is 0.263. The predicted molar refractivity (Wildman–Crippen MR) is 133 cm³/mol. The highest BCUT2D eigenvalue weighted by Crippen LogP contribution is 2.49. The largest absolute Gasteiger partial charge is 0.507 e. The average Bonchev–Trinajstić information content (AvgIpc) is 3.19. The molecule has 0 aliphatic heterocycles. The number of furan rings is 1. The van der Waals surface area contributed by atoms with Gasteiger partial charge in [0.25, 0.3) is 0 Å². The van der Waals surface area contributed by atoms with Crippen molar-refractivity contribution in [1.82, 2.24) is 0 Å². The lowest BCUT2D eigenvalue weighted by Gasteiger charge is -2.17. The normalized spacial score (nSPS) is 11.6. The highest BCUT2D eigenvalue weighted by molar-refractivity contribution is 6.27. The van der Waals surface area contributed by atoms with Gasteiger partial charge in [-0.05, 0) is 42.5 Å². The summed E-state index contributed by atoms with van der Waals surface area (Å²) < 4.78 is 6.44. The second-order valence-corrected chi connectivity index (χ2v) is 8.48. The summed E-state index contributed by atoms with van der Waals surface area (Å²) in [6.07, 6.45) is 0. The molecule has 0 spiro atoms. The fraction of sp³-hybridized carbons (Fsp3) is 0.0667. The summed E-state index contributed by atoms with van der Waals surface area (Å²) in [7, 11) is 0. The number of aryl methyl sites for hydroxylation is 2. The van der Waals surface area contributed by atoms with Crippen LogP contribution in [0, 0.1) is 13.8 Å². The van der Waals surface area contributed by atoms with E-state index >= 15 is 0 Å². The Hall–Kier alpha value is -4.04. The molecule has 0 saturated heterocycles. The van der Waals surface area contributed by atoms with Crippen molar-refractivity contribution in [3.8, 4) is 28.0 Å². The summed E-state index contributed by atoms with van der Waals surface area (Å²) in [5, 5.41) is 15.2.